The van der Waals surface area contributed by atoms with Crippen LogP contribution in [0, 0.1) is 5.92 Å². The number of aliphatic hydroxyl groups excluding tert-OH is 1. The van der Waals surface area contributed by atoms with Crippen molar-refractivity contribution >= 4 is 16.8 Å². The number of nitrogens with zero attached hydrogens (tertiary/aromatic N) is 3. The molecule has 3 aromatic rings. The van der Waals surface area contributed by atoms with Crippen LogP contribution < -0.4 is 5.56 Å². The summed E-state index contributed by atoms with van der Waals surface area (Å²) in [5, 5.41) is 11.3. The number of pyridine rings is 2. The van der Waals surface area contributed by atoms with E-state index in [0.717, 1.165) is 16.5 Å². The van der Waals surface area contributed by atoms with Crippen molar-refractivity contribution in [3.05, 3.63) is 76.3 Å². The second-order valence-electron chi connectivity index (χ2n) is 7.08. The molecule has 4 rings (SSSR count). The largest absolute Gasteiger partial charge is 0.391 e. The number of aromatic nitrogens is 2. The Morgan fingerprint density at radius 3 is 2.70 bits per heavy atom. The number of β-amino-alcohol motifs (C(OH)–C–C–N with tert-alkyl or cyclic N) is 1. The molecule has 0 unspecified atom stereocenters. The molecule has 1 aliphatic rings. The van der Waals surface area contributed by atoms with Gasteiger partial charge in [0, 0.05) is 38.4 Å². The number of carbonyl (C=O) groups is 1. The number of hydrogen-bond acceptors (Lipinski definition) is 4. The van der Waals surface area contributed by atoms with E-state index in [-0.39, 0.29) is 29.5 Å². The van der Waals surface area contributed by atoms with E-state index in [0.29, 0.717) is 13.0 Å². The number of hydrogen-bond donors (Lipinski definition) is 1. The lowest BCUT2D eigenvalue weighted by Gasteiger charge is -2.17. The Labute approximate surface area is 156 Å². The van der Waals surface area contributed by atoms with Gasteiger partial charge in [0.25, 0.3) is 11.5 Å². The van der Waals surface area contributed by atoms with E-state index >= 15 is 0 Å². The van der Waals surface area contributed by atoms with Crippen molar-refractivity contribution in [2.75, 3.05) is 13.1 Å². The zero-order valence-electron chi connectivity index (χ0n) is 15.1. The molecule has 0 aliphatic carbocycles. The molecule has 2 aromatic heterocycles. The molecule has 138 valence electrons. The zero-order valence-corrected chi connectivity index (χ0v) is 15.1. The van der Waals surface area contributed by atoms with E-state index in [1.807, 2.05) is 36.4 Å². The second-order valence-corrected chi connectivity index (χ2v) is 7.08. The zero-order chi connectivity index (χ0) is 19.0. The summed E-state index contributed by atoms with van der Waals surface area (Å²) in [5.74, 6) is -0.377. The van der Waals surface area contributed by atoms with Crippen LogP contribution in [0.25, 0.3) is 10.9 Å². The van der Waals surface area contributed by atoms with Gasteiger partial charge in [-0.1, -0.05) is 18.2 Å². The molecule has 0 radical (unpaired) electrons. The summed E-state index contributed by atoms with van der Waals surface area (Å²) in [6.07, 6.45) is 3.51. The van der Waals surface area contributed by atoms with Crippen LogP contribution in [0.4, 0.5) is 0 Å². The van der Waals surface area contributed by atoms with Gasteiger partial charge in [-0.2, -0.15) is 0 Å². The van der Waals surface area contributed by atoms with Crippen molar-refractivity contribution in [3.63, 3.8) is 0 Å². The highest BCUT2D eigenvalue weighted by atomic mass is 16.3. The molecule has 27 heavy (non-hydrogen) atoms. The molecule has 1 saturated heterocycles. The molecule has 0 spiro atoms. The van der Waals surface area contributed by atoms with Crippen LogP contribution in [-0.2, 0) is 13.5 Å². The number of fused-ring (bicyclic) bond motifs is 1. The SMILES string of the molecule is Cn1c(=O)c(C(=O)N2C[C@@H](Cc3ccncc3)[C@H](O)C2)cc2ccccc21. The predicted molar refractivity (Wildman–Crippen MR) is 103 cm³/mol. The van der Waals surface area contributed by atoms with Crippen LogP contribution in [-0.4, -0.2) is 44.7 Å². The molecule has 6 heteroatoms. The summed E-state index contributed by atoms with van der Waals surface area (Å²) in [7, 11) is 1.67. The van der Waals surface area contributed by atoms with Crippen LogP contribution >= 0.6 is 0 Å². The Balaban J connectivity index is 1.59. The van der Waals surface area contributed by atoms with Crippen LogP contribution in [0.2, 0.25) is 0 Å². The molecule has 3 heterocycles. The highest BCUT2D eigenvalue weighted by Crippen LogP contribution is 2.23. The molecule has 1 aliphatic heterocycles. The third-order valence-corrected chi connectivity index (χ3v) is 5.30. The first-order chi connectivity index (χ1) is 13.0. The fraction of sp³-hybridized carbons (Fsp3) is 0.286. The van der Waals surface area contributed by atoms with E-state index in [2.05, 4.69) is 4.98 Å². The number of amides is 1. The summed E-state index contributed by atoms with van der Waals surface area (Å²) < 4.78 is 1.50. The van der Waals surface area contributed by atoms with Gasteiger partial charge in [-0.05, 0) is 41.6 Å². The minimum atomic E-state index is -0.605. The molecule has 0 bridgehead atoms. The van der Waals surface area contributed by atoms with Crippen molar-refractivity contribution in [1.29, 1.82) is 0 Å². The van der Waals surface area contributed by atoms with Gasteiger partial charge < -0.3 is 14.6 Å². The van der Waals surface area contributed by atoms with E-state index in [1.54, 1.807) is 30.4 Å². The van der Waals surface area contributed by atoms with Gasteiger partial charge >= 0.3 is 0 Å². The lowest BCUT2D eigenvalue weighted by Crippen LogP contribution is -2.35. The topological polar surface area (TPSA) is 75.4 Å². The molecule has 0 saturated carbocycles. The predicted octanol–water partition coefficient (Wildman–Crippen LogP) is 1.61. The smallest absolute Gasteiger partial charge is 0.263 e. The number of aryl methyl sites for hydroxylation is 1. The van der Waals surface area contributed by atoms with Gasteiger partial charge in [0.1, 0.15) is 5.56 Å². The molecule has 1 N–H and O–H groups in total. The van der Waals surface area contributed by atoms with Crippen molar-refractivity contribution in [1.82, 2.24) is 14.5 Å². The second kappa shape index (κ2) is 6.96. The number of carbonyl (C=O) groups excluding carboxylic acids is 1. The van der Waals surface area contributed by atoms with E-state index < -0.39 is 6.10 Å². The highest BCUT2D eigenvalue weighted by Gasteiger charge is 2.35. The van der Waals surface area contributed by atoms with Crippen molar-refractivity contribution < 1.29 is 9.90 Å². The van der Waals surface area contributed by atoms with Crippen molar-refractivity contribution in [2.24, 2.45) is 13.0 Å². The Bertz CT molecular complexity index is 1050. The fourth-order valence-electron chi connectivity index (χ4n) is 3.79. The maximum Gasteiger partial charge on any atom is 0.263 e. The highest BCUT2D eigenvalue weighted by molar-refractivity contribution is 5.97. The average Bonchev–Trinajstić information content (AvgIpc) is 3.05. The lowest BCUT2D eigenvalue weighted by molar-refractivity contribution is 0.0762. The first-order valence-electron chi connectivity index (χ1n) is 8.99. The summed E-state index contributed by atoms with van der Waals surface area (Å²) in [4.78, 5) is 31.3. The minimum absolute atomic E-state index is 0.0549. The molecule has 6 nitrogen and oxygen atoms in total. The molecule has 1 amide bonds. The first-order valence-corrected chi connectivity index (χ1v) is 8.99. The number of benzene rings is 1. The van der Waals surface area contributed by atoms with Gasteiger partial charge in [-0.25, -0.2) is 0 Å². The number of para-hydroxylation sites is 1. The van der Waals surface area contributed by atoms with Gasteiger partial charge in [0.05, 0.1) is 11.6 Å². The van der Waals surface area contributed by atoms with Gasteiger partial charge in [0.15, 0.2) is 0 Å². The Morgan fingerprint density at radius 2 is 1.93 bits per heavy atom. The summed E-state index contributed by atoms with van der Waals surface area (Å²) in [6.45, 7) is 0.670. The van der Waals surface area contributed by atoms with Crippen molar-refractivity contribution in [3.8, 4) is 0 Å². The number of rotatable bonds is 3. The monoisotopic (exact) mass is 363 g/mol. The average molecular weight is 363 g/mol. The summed E-state index contributed by atoms with van der Waals surface area (Å²) in [5.41, 5.74) is 1.69. The van der Waals surface area contributed by atoms with Gasteiger partial charge in [0.2, 0.25) is 0 Å². The maximum absolute atomic E-state index is 13.0. The van der Waals surface area contributed by atoms with Crippen LogP contribution in [0.1, 0.15) is 15.9 Å². The van der Waals surface area contributed by atoms with Crippen LogP contribution in [0.15, 0.2) is 59.7 Å². The van der Waals surface area contributed by atoms with Gasteiger partial charge in [-0.3, -0.25) is 14.6 Å². The first kappa shape index (κ1) is 17.4. The lowest BCUT2D eigenvalue weighted by atomic mass is 9.97. The fourth-order valence-corrected chi connectivity index (χ4v) is 3.79. The molecule has 1 fully saturated rings. The van der Waals surface area contributed by atoms with Crippen LogP contribution in [0.3, 0.4) is 0 Å². The standard InChI is InChI=1S/C21H21N3O3/c1-23-18-5-3-2-4-15(18)11-17(20(23)26)21(27)24-12-16(19(25)13-24)10-14-6-8-22-9-7-14/h2-9,11,16,19,25H,10,12-13H2,1H3/t16-,19-/m1/s1. The molecule has 1 aromatic carbocycles. The Kier molecular flexibility index (Phi) is 4.49. The van der Waals surface area contributed by atoms with E-state index in [1.165, 1.54) is 4.57 Å². The van der Waals surface area contributed by atoms with E-state index in [4.69, 9.17) is 0 Å². The van der Waals surface area contributed by atoms with Crippen molar-refractivity contribution in [2.45, 2.75) is 12.5 Å². The number of likely N-dealkylation sites (tertiary alicyclic amines) is 1. The molecular formula is C21H21N3O3. The third kappa shape index (κ3) is 3.24. The third-order valence-electron chi connectivity index (χ3n) is 5.30. The maximum atomic E-state index is 13.0. The Hall–Kier alpha value is -2.99. The van der Waals surface area contributed by atoms with E-state index in [9.17, 15) is 14.7 Å². The minimum Gasteiger partial charge on any atom is -0.391 e. The van der Waals surface area contributed by atoms with Crippen LogP contribution in [0.5, 0.6) is 0 Å². The summed E-state index contributed by atoms with van der Waals surface area (Å²) >= 11 is 0. The number of aliphatic hydroxyl groups is 1. The quantitative estimate of drug-likeness (QED) is 0.767. The van der Waals surface area contributed by atoms with Gasteiger partial charge in [-0.15, -0.1) is 0 Å². The summed E-state index contributed by atoms with van der Waals surface area (Å²) in [6, 6.07) is 13.0. The molecular weight excluding hydrogens is 342 g/mol. The Morgan fingerprint density at radius 1 is 1.19 bits per heavy atom. The molecule has 2 atom stereocenters. The normalized spacial score (nSPS) is 19.6.